The molecule has 1 aliphatic rings. The summed E-state index contributed by atoms with van der Waals surface area (Å²) < 4.78 is 0. The number of hydrogen-bond donors (Lipinski definition) is 1. The van der Waals surface area contributed by atoms with E-state index >= 15 is 0 Å². The van der Waals surface area contributed by atoms with Gasteiger partial charge in [-0.2, -0.15) is 0 Å². The van der Waals surface area contributed by atoms with Gasteiger partial charge in [-0.25, -0.2) is 4.99 Å². The first-order valence-corrected chi connectivity index (χ1v) is 4.44. The molecule has 0 fully saturated rings. The lowest BCUT2D eigenvalue weighted by Gasteiger charge is -2.02. The summed E-state index contributed by atoms with van der Waals surface area (Å²) in [7, 11) is 0. The van der Waals surface area contributed by atoms with Gasteiger partial charge < -0.3 is 0 Å². The van der Waals surface area contributed by atoms with Crippen LogP contribution >= 0.6 is 0 Å². The van der Waals surface area contributed by atoms with Crippen molar-refractivity contribution in [3.05, 3.63) is 54.6 Å². The van der Waals surface area contributed by atoms with E-state index < -0.39 is 0 Å². The van der Waals surface area contributed by atoms with Crippen LogP contribution in [0.1, 0.15) is 0 Å². The predicted octanol–water partition coefficient (Wildman–Crippen LogP) is 2.90. The second-order valence-electron chi connectivity index (χ2n) is 2.96. The van der Waals surface area contributed by atoms with Gasteiger partial charge in [-0.05, 0) is 24.3 Å². The number of allylic oxidation sites excluding steroid dienone is 4. The zero-order valence-electron chi connectivity index (χ0n) is 7.64. The first-order valence-electron chi connectivity index (χ1n) is 4.44. The highest BCUT2D eigenvalue weighted by atomic mass is 14.8. The average molecular weight is 182 g/mol. The molecule has 0 unspecified atom stereocenters. The Morgan fingerprint density at radius 1 is 0.929 bits per heavy atom. The molecule has 0 saturated heterocycles. The van der Waals surface area contributed by atoms with Crippen LogP contribution in [0.4, 0.5) is 5.69 Å². The van der Waals surface area contributed by atoms with Crippen molar-refractivity contribution in [2.24, 2.45) is 4.99 Å². The molecule has 1 aliphatic carbocycles. The van der Waals surface area contributed by atoms with Crippen molar-refractivity contribution in [1.29, 1.82) is 5.41 Å². The molecule has 1 aromatic carbocycles. The summed E-state index contributed by atoms with van der Waals surface area (Å²) in [5, 5.41) is 7.63. The van der Waals surface area contributed by atoms with Gasteiger partial charge in [0.15, 0.2) is 0 Å². The molecule has 14 heavy (non-hydrogen) atoms. The van der Waals surface area contributed by atoms with Gasteiger partial charge in [0, 0.05) is 0 Å². The van der Waals surface area contributed by atoms with E-state index in [1.54, 1.807) is 6.08 Å². The van der Waals surface area contributed by atoms with Crippen molar-refractivity contribution < 1.29 is 0 Å². The number of aliphatic imine (C=N–C) groups is 1. The van der Waals surface area contributed by atoms with Crippen LogP contribution in [0, 0.1) is 5.41 Å². The molecule has 0 saturated carbocycles. The lowest BCUT2D eigenvalue weighted by atomic mass is 10.1. The molecule has 0 aliphatic heterocycles. The van der Waals surface area contributed by atoms with Gasteiger partial charge in [-0.1, -0.05) is 30.4 Å². The third-order valence-corrected chi connectivity index (χ3v) is 1.91. The molecule has 2 rings (SSSR count). The van der Waals surface area contributed by atoms with E-state index in [-0.39, 0.29) is 0 Å². The third kappa shape index (κ3) is 1.85. The molecule has 0 spiro atoms. The van der Waals surface area contributed by atoms with Crippen LogP contribution in [-0.2, 0) is 0 Å². The normalized spacial score (nSPS) is 17.7. The molecule has 0 radical (unpaired) electrons. The van der Waals surface area contributed by atoms with Gasteiger partial charge in [-0.3, -0.25) is 5.41 Å². The second-order valence-corrected chi connectivity index (χ2v) is 2.96. The molecular formula is C12H10N2. The predicted molar refractivity (Wildman–Crippen MR) is 59.5 cm³/mol. The van der Waals surface area contributed by atoms with Crippen LogP contribution in [0.5, 0.6) is 0 Å². The van der Waals surface area contributed by atoms with E-state index in [1.165, 1.54) is 0 Å². The number of nitrogens with one attached hydrogen (secondary N) is 1. The minimum absolute atomic E-state index is 0.455. The van der Waals surface area contributed by atoms with Crippen LogP contribution in [0.3, 0.4) is 0 Å². The molecular weight excluding hydrogens is 172 g/mol. The summed E-state index contributed by atoms with van der Waals surface area (Å²) in [5.74, 6) is 0. The Morgan fingerprint density at radius 2 is 1.64 bits per heavy atom. The van der Waals surface area contributed by atoms with Gasteiger partial charge in [0.05, 0.1) is 17.1 Å². The Kier molecular flexibility index (Phi) is 2.36. The van der Waals surface area contributed by atoms with Gasteiger partial charge in [0.1, 0.15) is 0 Å². The smallest absolute Gasteiger partial charge is 0.0886 e. The molecule has 0 heterocycles. The first-order chi connectivity index (χ1) is 6.86. The number of para-hydroxylation sites is 1. The maximum atomic E-state index is 7.63. The first kappa shape index (κ1) is 8.63. The van der Waals surface area contributed by atoms with E-state index in [2.05, 4.69) is 4.99 Å². The monoisotopic (exact) mass is 182 g/mol. The Labute approximate surface area is 82.8 Å². The van der Waals surface area contributed by atoms with Gasteiger partial charge in [-0.15, -0.1) is 0 Å². The number of rotatable bonds is 1. The highest BCUT2D eigenvalue weighted by Crippen LogP contribution is 2.11. The molecule has 0 amide bonds. The Hall–Kier alpha value is -1.96. The van der Waals surface area contributed by atoms with E-state index in [4.69, 9.17) is 5.41 Å². The van der Waals surface area contributed by atoms with Crippen molar-refractivity contribution in [3.63, 3.8) is 0 Å². The summed E-state index contributed by atoms with van der Waals surface area (Å²) >= 11 is 0. The van der Waals surface area contributed by atoms with Crippen LogP contribution in [0.2, 0.25) is 0 Å². The largest absolute Gasteiger partial charge is 0.299 e. The summed E-state index contributed by atoms with van der Waals surface area (Å²) in [6.07, 6.45) is 7.31. The van der Waals surface area contributed by atoms with E-state index in [9.17, 15) is 0 Å². The highest BCUT2D eigenvalue weighted by molar-refractivity contribution is 6.50. The lowest BCUT2D eigenvalue weighted by Crippen LogP contribution is -2.08. The van der Waals surface area contributed by atoms with Crippen molar-refractivity contribution in [1.82, 2.24) is 0 Å². The fraction of sp³-hybridized carbons (Fsp3) is 0. The van der Waals surface area contributed by atoms with Crippen LogP contribution < -0.4 is 0 Å². The van der Waals surface area contributed by atoms with Gasteiger partial charge >= 0.3 is 0 Å². The van der Waals surface area contributed by atoms with Crippen molar-refractivity contribution in [2.45, 2.75) is 0 Å². The molecule has 2 heteroatoms. The van der Waals surface area contributed by atoms with Gasteiger partial charge in [0.25, 0.3) is 0 Å². The molecule has 2 nitrogen and oxygen atoms in total. The maximum absolute atomic E-state index is 7.63. The quantitative estimate of drug-likeness (QED) is 0.648. The second kappa shape index (κ2) is 3.83. The standard InChI is InChI=1S/C12H10N2/c13-11-8-4-5-9-12(11)14-10-6-2-1-3-7-10/h1-9,13H. The molecule has 0 bridgehead atoms. The van der Waals surface area contributed by atoms with Crippen molar-refractivity contribution in [3.8, 4) is 0 Å². The molecule has 1 N–H and O–H groups in total. The third-order valence-electron chi connectivity index (χ3n) is 1.91. The average Bonchev–Trinajstić information content (AvgIpc) is 2.23. The van der Waals surface area contributed by atoms with E-state index in [1.807, 2.05) is 48.6 Å². The summed E-state index contributed by atoms with van der Waals surface area (Å²) in [5.41, 5.74) is 2.04. The number of hydrogen-bond acceptors (Lipinski definition) is 2. The lowest BCUT2D eigenvalue weighted by molar-refractivity contribution is 1.50. The maximum Gasteiger partial charge on any atom is 0.0886 e. The SMILES string of the molecule is N=C1C=CC=CC1=Nc1ccccc1. The highest BCUT2D eigenvalue weighted by Gasteiger charge is 2.02. The zero-order valence-corrected chi connectivity index (χ0v) is 7.64. The Bertz CT molecular complexity index is 425. The minimum atomic E-state index is 0.455. The van der Waals surface area contributed by atoms with Crippen LogP contribution in [0.15, 0.2) is 59.6 Å². The number of nitrogens with zero attached hydrogens (tertiary/aromatic N) is 1. The zero-order chi connectivity index (χ0) is 9.80. The van der Waals surface area contributed by atoms with E-state index in [0.717, 1.165) is 5.69 Å². The van der Waals surface area contributed by atoms with Crippen molar-refractivity contribution in [2.75, 3.05) is 0 Å². The van der Waals surface area contributed by atoms with Crippen LogP contribution in [0.25, 0.3) is 0 Å². The topological polar surface area (TPSA) is 36.2 Å². The minimum Gasteiger partial charge on any atom is -0.299 e. The Morgan fingerprint density at radius 3 is 2.36 bits per heavy atom. The van der Waals surface area contributed by atoms with Crippen LogP contribution in [-0.4, -0.2) is 11.4 Å². The molecule has 0 atom stereocenters. The summed E-state index contributed by atoms with van der Waals surface area (Å²) in [6.45, 7) is 0. The van der Waals surface area contributed by atoms with Crippen molar-refractivity contribution >= 4 is 17.1 Å². The molecule has 68 valence electrons. The van der Waals surface area contributed by atoms with Gasteiger partial charge in [0.2, 0.25) is 0 Å². The molecule has 0 aromatic heterocycles. The van der Waals surface area contributed by atoms with E-state index in [0.29, 0.717) is 11.4 Å². The Balaban J connectivity index is 2.32. The molecule has 1 aromatic rings. The number of benzene rings is 1. The fourth-order valence-corrected chi connectivity index (χ4v) is 1.21. The fourth-order valence-electron chi connectivity index (χ4n) is 1.21. The summed E-state index contributed by atoms with van der Waals surface area (Å²) in [6, 6.07) is 9.67. The summed E-state index contributed by atoms with van der Waals surface area (Å²) in [4.78, 5) is 4.35.